The number of hydrogen-bond acceptors (Lipinski definition) is 7. The minimum absolute atomic E-state index is 0.256. The summed E-state index contributed by atoms with van der Waals surface area (Å²) in [6, 6.07) is 14.5. The van der Waals surface area contributed by atoms with Crippen LogP contribution in [0.5, 0.6) is 0 Å². The van der Waals surface area contributed by atoms with Crippen LogP contribution in [0.1, 0.15) is 47.7 Å². The third kappa shape index (κ3) is 6.35. The maximum absolute atomic E-state index is 12.2. The van der Waals surface area contributed by atoms with Crippen molar-refractivity contribution in [3.05, 3.63) is 53.7 Å². The summed E-state index contributed by atoms with van der Waals surface area (Å²) in [6.45, 7) is 6.62. The minimum Gasteiger partial charge on any atom is -0.396 e. The number of primary amides is 1. The molecular weight excluding hydrogens is 484 g/mol. The highest BCUT2D eigenvalue weighted by atomic mass is 32.2. The highest BCUT2D eigenvalue weighted by Crippen LogP contribution is 2.36. The number of H-pyrrole nitrogens is 1. The third-order valence-electron chi connectivity index (χ3n) is 7.63. The van der Waals surface area contributed by atoms with Crippen molar-refractivity contribution in [1.82, 2.24) is 24.7 Å². The molecule has 1 amide bonds. The maximum atomic E-state index is 12.2. The van der Waals surface area contributed by atoms with Gasteiger partial charge in [0.05, 0.1) is 5.56 Å². The van der Waals surface area contributed by atoms with E-state index in [0.29, 0.717) is 23.0 Å². The molecule has 3 aromatic rings. The molecule has 0 saturated carbocycles. The van der Waals surface area contributed by atoms with Gasteiger partial charge in [-0.05, 0) is 55.5 Å². The van der Waals surface area contributed by atoms with Crippen molar-refractivity contribution in [1.29, 1.82) is 0 Å². The molecule has 1 unspecified atom stereocenters. The first kappa shape index (κ1) is 26.2. The van der Waals surface area contributed by atoms with Crippen LogP contribution in [0.25, 0.3) is 22.0 Å². The summed E-state index contributed by atoms with van der Waals surface area (Å²) in [5, 5.41) is 21.5. The number of aliphatic hydroxyl groups excluding tert-OH is 1. The van der Waals surface area contributed by atoms with Gasteiger partial charge in [-0.15, -0.1) is 0 Å². The average Bonchev–Trinajstić information content (AvgIpc) is 3.36. The van der Waals surface area contributed by atoms with Gasteiger partial charge in [0.15, 0.2) is 0 Å². The number of aliphatic hydroxyl groups is 1. The van der Waals surface area contributed by atoms with Crippen molar-refractivity contribution in [3.8, 4) is 11.1 Å². The first-order chi connectivity index (χ1) is 18.1. The fraction of sp³-hybridized carbons (Fsp3) is 0.500. The lowest BCUT2D eigenvalue weighted by molar-refractivity contribution is 0.100. The monoisotopic (exact) mass is 522 g/mol. The molecule has 198 valence electrons. The van der Waals surface area contributed by atoms with Gasteiger partial charge in [-0.1, -0.05) is 42.3 Å². The van der Waals surface area contributed by atoms with Crippen molar-refractivity contribution in [2.45, 2.75) is 37.6 Å². The van der Waals surface area contributed by atoms with Crippen LogP contribution < -0.4 is 11.1 Å². The molecule has 1 atom stereocenters. The summed E-state index contributed by atoms with van der Waals surface area (Å²) < 4.78 is 2.51. The maximum Gasteiger partial charge on any atom is 0.251 e. The van der Waals surface area contributed by atoms with Crippen molar-refractivity contribution in [2.24, 2.45) is 5.73 Å². The molecule has 8 nitrogen and oxygen atoms in total. The number of aromatic amines is 1. The fourth-order valence-electron chi connectivity index (χ4n) is 5.63. The Morgan fingerprint density at radius 3 is 2.70 bits per heavy atom. The first-order valence-corrected chi connectivity index (χ1v) is 14.4. The normalized spacial score (nSPS) is 20.0. The third-order valence-corrected chi connectivity index (χ3v) is 8.83. The van der Waals surface area contributed by atoms with E-state index in [2.05, 4.69) is 42.9 Å². The van der Waals surface area contributed by atoms with E-state index in [9.17, 15) is 9.90 Å². The number of carbonyl (C=O) groups is 1. The smallest absolute Gasteiger partial charge is 0.251 e. The fourth-order valence-corrected chi connectivity index (χ4v) is 6.62. The SMILES string of the molecule is NC(=O)c1cc(-c2ccccc2)cc2c(C3CCN(SCCCN4CCNC(CCO)C4)CC3)[nH]nc12. The van der Waals surface area contributed by atoms with Gasteiger partial charge >= 0.3 is 0 Å². The molecule has 2 fully saturated rings. The number of nitrogens with two attached hydrogens (primary N) is 1. The quantitative estimate of drug-likeness (QED) is 0.239. The summed E-state index contributed by atoms with van der Waals surface area (Å²) >= 11 is 1.97. The van der Waals surface area contributed by atoms with Crippen molar-refractivity contribution in [3.63, 3.8) is 0 Å². The summed E-state index contributed by atoms with van der Waals surface area (Å²) in [7, 11) is 0. The van der Waals surface area contributed by atoms with E-state index in [0.717, 1.165) is 86.5 Å². The Morgan fingerprint density at radius 1 is 1.14 bits per heavy atom. The van der Waals surface area contributed by atoms with Gasteiger partial charge in [-0.2, -0.15) is 5.10 Å². The van der Waals surface area contributed by atoms with Gasteiger partial charge < -0.3 is 21.1 Å². The molecule has 5 N–H and O–H groups in total. The van der Waals surface area contributed by atoms with E-state index in [1.54, 1.807) is 0 Å². The van der Waals surface area contributed by atoms with Gasteiger partial charge in [0.1, 0.15) is 5.52 Å². The molecule has 37 heavy (non-hydrogen) atoms. The lowest BCUT2D eigenvalue weighted by atomic mass is 9.90. The number of fused-ring (bicyclic) bond motifs is 1. The molecule has 2 aromatic carbocycles. The van der Waals surface area contributed by atoms with Gasteiger partial charge in [0.2, 0.25) is 0 Å². The van der Waals surface area contributed by atoms with Crippen LogP contribution in [0, 0.1) is 0 Å². The van der Waals surface area contributed by atoms with Crippen LogP contribution in [0.4, 0.5) is 0 Å². The van der Waals surface area contributed by atoms with Gasteiger partial charge in [0, 0.05) is 68.1 Å². The van der Waals surface area contributed by atoms with Crippen LogP contribution in [-0.4, -0.2) is 88.1 Å². The van der Waals surface area contributed by atoms with Crippen molar-refractivity contribution < 1.29 is 9.90 Å². The second-order valence-electron chi connectivity index (χ2n) is 10.1. The Bertz CT molecular complexity index is 1180. The predicted molar refractivity (Wildman–Crippen MR) is 151 cm³/mol. The van der Waals surface area contributed by atoms with Gasteiger partial charge in [-0.3, -0.25) is 14.2 Å². The molecule has 3 heterocycles. The van der Waals surface area contributed by atoms with Crippen LogP contribution in [0.2, 0.25) is 0 Å². The number of aromatic nitrogens is 2. The zero-order chi connectivity index (χ0) is 25.6. The molecule has 2 saturated heterocycles. The Hall–Kier alpha value is -2.43. The molecule has 9 heteroatoms. The number of nitrogens with zero attached hydrogens (tertiary/aromatic N) is 3. The van der Waals surface area contributed by atoms with E-state index in [4.69, 9.17) is 5.73 Å². The lowest BCUT2D eigenvalue weighted by Crippen LogP contribution is -2.51. The average molecular weight is 523 g/mol. The number of piperidine rings is 1. The Morgan fingerprint density at radius 2 is 1.95 bits per heavy atom. The molecule has 5 rings (SSSR count). The zero-order valence-electron chi connectivity index (χ0n) is 21.4. The Balaban J connectivity index is 1.17. The van der Waals surface area contributed by atoms with Crippen molar-refractivity contribution >= 4 is 28.8 Å². The number of piperazine rings is 1. The minimum atomic E-state index is -0.447. The molecule has 0 bridgehead atoms. The van der Waals surface area contributed by atoms with E-state index < -0.39 is 5.91 Å². The van der Waals surface area contributed by atoms with Crippen LogP contribution in [0.15, 0.2) is 42.5 Å². The first-order valence-electron chi connectivity index (χ1n) is 13.4. The summed E-state index contributed by atoms with van der Waals surface area (Å²) in [6.07, 6.45) is 4.14. The molecule has 0 aliphatic carbocycles. The van der Waals surface area contributed by atoms with Crippen LogP contribution in [-0.2, 0) is 0 Å². The van der Waals surface area contributed by atoms with E-state index >= 15 is 0 Å². The largest absolute Gasteiger partial charge is 0.396 e. The van der Waals surface area contributed by atoms with E-state index in [1.165, 1.54) is 6.42 Å². The van der Waals surface area contributed by atoms with Gasteiger partial charge in [-0.25, -0.2) is 0 Å². The summed E-state index contributed by atoms with van der Waals surface area (Å²) in [5.41, 5.74) is 10.1. The predicted octanol–water partition coefficient (Wildman–Crippen LogP) is 3.20. The standard InChI is InChI=1S/C28H38N6O2S/c29-28(36)25-18-22(20-5-2-1-3-6-20)17-24-26(31-32-27(24)25)21-7-12-34(13-8-21)37-16-4-11-33-14-10-30-23(19-33)9-15-35/h1-3,5-6,17-18,21,23,30,35H,4,7-16,19H2,(H2,29,36)(H,31,32). The summed E-state index contributed by atoms with van der Waals surface area (Å²) in [5.74, 6) is 1.07. The van der Waals surface area contributed by atoms with E-state index in [-0.39, 0.29) is 6.61 Å². The number of amides is 1. The van der Waals surface area contributed by atoms with Crippen LogP contribution >= 0.6 is 11.9 Å². The molecular formula is C28H38N6O2S. The Kier molecular flexibility index (Phi) is 8.78. The molecule has 1 aromatic heterocycles. The number of nitrogens with one attached hydrogen (secondary N) is 2. The number of benzene rings is 2. The molecule has 2 aliphatic rings. The summed E-state index contributed by atoms with van der Waals surface area (Å²) in [4.78, 5) is 14.8. The van der Waals surface area contributed by atoms with Crippen molar-refractivity contribution in [2.75, 3.05) is 51.6 Å². The van der Waals surface area contributed by atoms with E-state index in [1.807, 2.05) is 36.2 Å². The van der Waals surface area contributed by atoms with Crippen LogP contribution in [0.3, 0.4) is 0 Å². The topological polar surface area (TPSA) is 111 Å². The highest BCUT2D eigenvalue weighted by Gasteiger charge is 2.26. The molecule has 2 aliphatic heterocycles. The second-order valence-corrected chi connectivity index (χ2v) is 11.3. The molecule has 0 radical (unpaired) electrons. The zero-order valence-corrected chi connectivity index (χ0v) is 22.2. The second kappa shape index (κ2) is 12.4. The Labute approximate surface area is 223 Å². The lowest BCUT2D eigenvalue weighted by Gasteiger charge is -2.34. The number of rotatable bonds is 10. The molecule has 0 spiro atoms. The highest BCUT2D eigenvalue weighted by molar-refractivity contribution is 7.97. The van der Waals surface area contributed by atoms with Gasteiger partial charge in [0.25, 0.3) is 5.91 Å². The number of carbonyl (C=O) groups excluding carboxylic acids is 1. The number of hydrogen-bond donors (Lipinski definition) is 4.